The molecular weight excluding hydrogens is 293 g/mol. The van der Waals surface area contributed by atoms with Crippen LogP contribution in [0.15, 0.2) is 34.9 Å². The van der Waals surface area contributed by atoms with Crippen LogP contribution in [0.2, 0.25) is 5.02 Å². The van der Waals surface area contributed by atoms with Crippen LogP contribution in [0.5, 0.6) is 5.75 Å². The van der Waals surface area contributed by atoms with Crippen molar-refractivity contribution in [2.45, 2.75) is 27.0 Å². The molecular formula is C16H19ClFNO2. The highest BCUT2D eigenvalue weighted by molar-refractivity contribution is 6.30. The maximum absolute atomic E-state index is 13.7. The molecule has 0 spiro atoms. The largest absolute Gasteiger partial charge is 0.483 e. The SMILES string of the molecule is CC(C)CNCc1coc(COc2cccc(Cl)c2F)c1. The lowest BCUT2D eigenvalue weighted by Crippen LogP contribution is -2.18. The summed E-state index contributed by atoms with van der Waals surface area (Å²) in [6.45, 7) is 6.17. The van der Waals surface area contributed by atoms with Gasteiger partial charge in [0.05, 0.1) is 11.3 Å². The molecule has 0 unspecified atom stereocenters. The lowest BCUT2D eigenvalue weighted by Gasteiger charge is -2.06. The zero-order chi connectivity index (χ0) is 15.2. The minimum atomic E-state index is -0.551. The predicted octanol–water partition coefficient (Wildman–Crippen LogP) is 4.40. The Kier molecular flexibility index (Phi) is 5.65. The lowest BCUT2D eigenvalue weighted by molar-refractivity contribution is 0.258. The molecule has 0 amide bonds. The third kappa shape index (κ3) is 4.76. The number of rotatable bonds is 7. The van der Waals surface area contributed by atoms with Gasteiger partial charge in [-0.15, -0.1) is 0 Å². The summed E-state index contributed by atoms with van der Waals surface area (Å²) in [6.07, 6.45) is 1.68. The van der Waals surface area contributed by atoms with E-state index in [1.54, 1.807) is 12.3 Å². The molecule has 0 saturated carbocycles. The second-order valence-corrected chi connectivity index (χ2v) is 5.69. The van der Waals surface area contributed by atoms with Gasteiger partial charge in [-0.1, -0.05) is 31.5 Å². The molecule has 0 aliphatic rings. The van der Waals surface area contributed by atoms with Gasteiger partial charge in [-0.3, -0.25) is 0 Å². The van der Waals surface area contributed by atoms with E-state index < -0.39 is 5.82 Å². The monoisotopic (exact) mass is 311 g/mol. The normalized spacial score (nSPS) is 11.1. The third-order valence-corrected chi connectivity index (χ3v) is 3.17. The fraction of sp³-hybridized carbons (Fsp3) is 0.375. The zero-order valence-corrected chi connectivity index (χ0v) is 12.9. The number of nitrogens with one attached hydrogen (secondary N) is 1. The molecule has 0 aliphatic heterocycles. The van der Waals surface area contributed by atoms with Crippen molar-refractivity contribution in [3.8, 4) is 5.75 Å². The summed E-state index contributed by atoms with van der Waals surface area (Å²) >= 11 is 5.70. The van der Waals surface area contributed by atoms with Crippen molar-refractivity contribution in [2.24, 2.45) is 5.92 Å². The van der Waals surface area contributed by atoms with E-state index in [4.69, 9.17) is 20.8 Å². The minimum Gasteiger partial charge on any atom is -0.483 e. The molecule has 0 fully saturated rings. The molecule has 5 heteroatoms. The van der Waals surface area contributed by atoms with E-state index in [0.717, 1.165) is 18.7 Å². The van der Waals surface area contributed by atoms with Crippen LogP contribution >= 0.6 is 11.6 Å². The van der Waals surface area contributed by atoms with Crippen LogP contribution < -0.4 is 10.1 Å². The topological polar surface area (TPSA) is 34.4 Å². The highest BCUT2D eigenvalue weighted by Crippen LogP contribution is 2.25. The van der Waals surface area contributed by atoms with E-state index in [1.807, 2.05) is 6.07 Å². The lowest BCUT2D eigenvalue weighted by atomic mass is 10.2. The molecule has 2 rings (SSSR count). The van der Waals surface area contributed by atoms with Crippen LogP contribution in [-0.4, -0.2) is 6.54 Å². The summed E-state index contributed by atoms with van der Waals surface area (Å²) < 4.78 is 24.4. The Balaban J connectivity index is 1.86. The van der Waals surface area contributed by atoms with Crippen molar-refractivity contribution in [1.29, 1.82) is 0 Å². The molecule has 2 aromatic rings. The van der Waals surface area contributed by atoms with E-state index in [0.29, 0.717) is 11.7 Å². The van der Waals surface area contributed by atoms with Gasteiger partial charge in [-0.2, -0.15) is 0 Å². The Bertz CT molecular complexity index is 583. The second-order valence-electron chi connectivity index (χ2n) is 5.29. The van der Waals surface area contributed by atoms with Crippen LogP contribution in [0.3, 0.4) is 0 Å². The summed E-state index contributed by atoms with van der Waals surface area (Å²) in [7, 11) is 0. The fourth-order valence-electron chi connectivity index (χ4n) is 1.84. The first kappa shape index (κ1) is 15.9. The number of hydrogen-bond acceptors (Lipinski definition) is 3. The summed E-state index contributed by atoms with van der Waals surface area (Å²) in [6, 6.07) is 6.56. The van der Waals surface area contributed by atoms with E-state index >= 15 is 0 Å². The zero-order valence-electron chi connectivity index (χ0n) is 12.2. The van der Waals surface area contributed by atoms with Crippen molar-refractivity contribution >= 4 is 11.6 Å². The van der Waals surface area contributed by atoms with Crippen molar-refractivity contribution in [2.75, 3.05) is 6.54 Å². The summed E-state index contributed by atoms with van der Waals surface area (Å²) in [5.41, 5.74) is 1.04. The number of furan rings is 1. The van der Waals surface area contributed by atoms with Gasteiger partial charge in [0.15, 0.2) is 11.6 Å². The molecule has 21 heavy (non-hydrogen) atoms. The van der Waals surface area contributed by atoms with Crippen LogP contribution in [-0.2, 0) is 13.2 Å². The van der Waals surface area contributed by atoms with E-state index in [-0.39, 0.29) is 17.4 Å². The molecule has 1 heterocycles. The molecule has 1 aromatic heterocycles. The first-order chi connectivity index (χ1) is 10.1. The maximum Gasteiger partial charge on any atom is 0.183 e. The van der Waals surface area contributed by atoms with Crippen molar-refractivity contribution in [1.82, 2.24) is 5.32 Å². The molecule has 1 N–H and O–H groups in total. The number of hydrogen-bond donors (Lipinski definition) is 1. The number of benzene rings is 1. The number of halogens is 2. The van der Waals surface area contributed by atoms with Gasteiger partial charge < -0.3 is 14.5 Å². The summed E-state index contributed by atoms with van der Waals surface area (Å²) in [4.78, 5) is 0. The van der Waals surface area contributed by atoms with Crippen LogP contribution in [0.4, 0.5) is 4.39 Å². The fourth-order valence-corrected chi connectivity index (χ4v) is 2.01. The molecule has 3 nitrogen and oxygen atoms in total. The predicted molar refractivity (Wildman–Crippen MR) is 81.0 cm³/mol. The van der Waals surface area contributed by atoms with Crippen LogP contribution in [0.1, 0.15) is 25.2 Å². The molecule has 0 aliphatic carbocycles. The van der Waals surface area contributed by atoms with Gasteiger partial charge in [-0.05, 0) is 30.7 Å². The Morgan fingerprint density at radius 1 is 1.38 bits per heavy atom. The maximum atomic E-state index is 13.7. The smallest absolute Gasteiger partial charge is 0.183 e. The van der Waals surface area contributed by atoms with E-state index in [9.17, 15) is 4.39 Å². The molecule has 0 atom stereocenters. The summed E-state index contributed by atoms with van der Waals surface area (Å²) in [5.74, 6) is 0.823. The minimum absolute atomic E-state index is 0.0468. The quantitative estimate of drug-likeness (QED) is 0.823. The Morgan fingerprint density at radius 3 is 2.95 bits per heavy atom. The first-order valence-corrected chi connectivity index (χ1v) is 7.28. The average molecular weight is 312 g/mol. The third-order valence-electron chi connectivity index (χ3n) is 2.88. The summed E-state index contributed by atoms with van der Waals surface area (Å²) in [5, 5.41) is 3.37. The Labute approximate surface area is 129 Å². The van der Waals surface area contributed by atoms with Gasteiger partial charge in [0.1, 0.15) is 12.4 Å². The molecule has 0 radical (unpaired) electrons. The van der Waals surface area contributed by atoms with Gasteiger partial charge in [0, 0.05) is 12.1 Å². The highest BCUT2D eigenvalue weighted by Gasteiger charge is 2.09. The van der Waals surface area contributed by atoms with Crippen LogP contribution in [0.25, 0.3) is 0 Å². The van der Waals surface area contributed by atoms with E-state index in [2.05, 4.69) is 19.2 Å². The van der Waals surface area contributed by atoms with Crippen LogP contribution in [0, 0.1) is 11.7 Å². The molecule has 1 aromatic carbocycles. The Hall–Kier alpha value is -1.52. The van der Waals surface area contributed by atoms with E-state index in [1.165, 1.54) is 12.1 Å². The standard InChI is InChI=1S/C16H19ClFNO2/c1-11(2)7-19-8-12-6-13(20-9-12)10-21-15-5-3-4-14(17)16(15)18/h3-6,9,11,19H,7-8,10H2,1-2H3. The molecule has 114 valence electrons. The molecule has 0 saturated heterocycles. The number of ether oxygens (including phenoxy) is 1. The molecule has 0 bridgehead atoms. The van der Waals surface area contributed by atoms with Gasteiger partial charge in [0.2, 0.25) is 0 Å². The second kappa shape index (κ2) is 7.48. The van der Waals surface area contributed by atoms with Gasteiger partial charge in [0.25, 0.3) is 0 Å². The highest BCUT2D eigenvalue weighted by atomic mass is 35.5. The van der Waals surface area contributed by atoms with Gasteiger partial charge in [-0.25, -0.2) is 4.39 Å². The average Bonchev–Trinajstić information content (AvgIpc) is 2.88. The van der Waals surface area contributed by atoms with Gasteiger partial charge >= 0.3 is 0 Å². The van der Waals surface area contributed by atoms with Crippen molar-refractivity contribution < 1.29 is 13.5 Å². The first-order valence-electron chi connectivity index (χ1n) is 6.90. The van der Waals surface area contributed by atoms with Crippen molar-refractivity contribution in [3.05, 3.63) is 52.7 Å². The van der Waals surface area contributed by atoms with Crippen molar-refractivity contribution in [3.63, 3.8) is 0 Å². The Morgan fingerprint density at radius 2 is 2.19 bits per heavy atom.